The minimum Gasteiger partial charge on any atom is -0.316 e. The van der Waals surface area contributed by atoms with E-state index in [2.05, 4.69) is 15.4 Å². The van der Waals surface area contributed by atoms with Gasteiger partial charge in [-0.1, -0.05) is 36.4 Å². The lowest BCUT2D eigenvalue weighted by molar-refractivity contribution is 0.102. The second-order valence-corrected chi connectivity index (χ2v) is 7.80. The molecule has 0 bridgehead atoms. The number of para-hydroxylation sites is 2. The van der Waals surface area contributed by atoms with Crippen LogP contribution in [0.2, 0.25) is 0 Å². The molecule has 8 heteroatoms. The number of hydrogen-bond acceptors (Lipinski definition) is 4. The van der Waals surface area contributed by atoms with Crippen LogP contribution in [0.25, 0.3) is 22.6 Å². The first-order valence-electron chi connectivity index (χ1n) is 10.8. The Kier molecular flexibility index (Phi) is 5.39. The molecule has 0 aliphatic rings. The van der Waals surface area contributed by atoms with Gasteiger partial charge < -0.3 is 5.32 Å². The Labute approximate surface area is 195 Å². The minimum absolute atomic E-state index is 0.223. The van der Waals surface area contributed by atoms with Gasteiger partial charge in [0.1, 0.15) is 11.4 Å². The molecule has 5 aromatic rings. The average molecular weight is 451 g/mol. The predicted molar refractivity (Wildman–Crippen MR) is 130 cm³/mol. The molecule has 0 atom stereocenters. The van der Waals surface area contributed by atoms with Gasteiger partial charge >= 0.3 is 0 Å². The maximum absolute atomic E-state index is 13.5. The lowest BCUT2D eigenvalue weighted by Crippen LogP contribution is -2.23. The summed E-state index contributed by atoms with van der Waals surface area (Å²) in [5, 5.41) is 7.49. The first-order valence-corrected chi connectivity index (χ1v) is 10.8. The van der Waals surface area contributed by atoms with Crippen LogP contribution < -0.4 is 10.9 Å². The van der Waals surface area contributed by atoms with E-state index in [1.54, 1.807) is 48.0 Å². The van der Waals surface area contributed by atoms with Crippen molar-refractivity contribution in [3.05, 3.63) is 113 Å². The number of anilines is 1. The third-order valence-electron chi connectivity index (χ3n) is 5.71. The van der Waals surface area contributed by atoms with E-state index in [1.807, 2.05) is 66.7 Å². The highest BCUT2D eigenvalue weighted by atomic mass is 16.2. The van der Waals surface area contributed by atoms with Crippen LogP contribution in [0.15, 0.2) is 96.2 Å². The quantitative estimate of drug-likeness (QED) is 0.439. The van der Waals surface area contributed by atoms with Gasteiger partial charge in [0.05, 0.1) is 22.6 Å². The molecule has 0 saturated carbocycles. The van der Waals surface area contributed by atoms with Crippen LogP contribution >= 0.6 is 0 Å². The van der Waals surface area contributed by atoms with Crippen molar-refractivity contribution >= 4 is 11.6 Å². The van der Waals surface area contributed by atoms with Crippen LogP contribution in [0, 0.1) is 6.92 Å². The predicted octanol–water partition coefficient (Wildman–Crippen LogP) is 3.98. The van der Waals surface area contributed by atoms with Gasteiger partial charge in [-0.2, -0.15) is 5.10 Å². The van der Waals surface area contributed by atoms with Gasteiger partial charge in [0.25, 0.3) is 11.5 Å². The molecule has 0 fully saturated rings. The van der Waals surface area contributed by atoms with Gasteiger partial charge in [0.2, 0.25) is 0 Å². The third-order valence-corrected chi connectivity index (χ3v) is 5.71. The number of aromatic nitrogens is 5. The maximum Gasteiger partial charge on any atom is 0.295 e. The molecule has 168 valence electrons. The highest BCUT2D eigenvalue weighted by Gasteiger charge is 2.23. The van der Waals surface area contributed by atoms with E-state index in [4.69, 9.17) is 0 Å². The summed E-state index contributed by atoms with van der Waals surface area (Å²) >= 11 is 0. The van der Waals surface area contributed by atoms with E-state index in [0.717, 1.165) is 5.69 Å². The zero-order chi connectivity index (χ0) is 23.7. The van der Waals surface area contributed by atoms with Crippen molar-refractivity contribution < 1.29 is 4.79 Å². The summed E-state index contributed by atoms with van der Waals surface area (Å²) in [4.78, 5) is 30.9. The molecular formula is C26H22N6O2. The van der Waals surface area contributed by atoms with Crippen LogP contribution in [0.5, 0.6) is 0 Å². The highest BCUT2D eigenvalue weighted by molar-refractivity contribution is 6.08. The van der Waals surface area contributed by atoms with Crippen LogP contribution in [-0.2, 0) is 7.05 Å². The first-order chi connectivity index (χ1) is 16.5. The molecule has 0 aliphatic carbocycles. The van der Waals surface area contributed by atoms with Crippen molar-refractivity contribution in [1.29, 1.82) is 0 Å². The monoisotopic (exact) mass is 450 g/mol. The average Bonchev–Trinajstić information content (AvgIpc) is 3.42. The number of rotatable bonds is 5. The summed E-state index contributed by atoms with van der Waals surface area (Å²) in [6.07, 6.45) is 4.99. The number of carbonyl (C=O) groups excluding carboxylic acids is 1. The Balaban J connectivity index is 1.57. The second-order valence-electron chi connectivity index (χ2n) is 7.80. The molecule has 3 aromatic heterocycles. The largest absolute Gasteiger partial charge is 0.316 e. The maximum atomic E-state index is 13.5. The Hall–Kier alpha value is -4.72. The highest BCUT2D eigenvalue weighted by Crippen LogP contribution is 2.24. The molecular weight excluding hydrogens is 428 g/mol. The van der Waals surface area contributed by atoms with Gasteiger partial charge in [0.15, 0.2) is 0 Å². The van der Waals surface area contributed by atoms with Gasteiger partial charge in [-0.3, -0.25) is 19.3 Å². The summed E-state index contributed by atoms with van der Waals surface area (Å²) in [7, 11) is 1.79. The molecule has 1 amide bonds. The molecule has 2 aromatic carbocycles. The zero-order valence-electron chi connectivity index (χ0n) is 18.7. The Morgan fingerprint density at radius 2 is 1.59 bits per heavy atom. The SMILES string of the molecule is Cc1c(NC(=O)c2cn(-c3ccccc3)nc2-c2cccnc2)c(=O)n(-c2ccccc2)n1C. The van der Waals surface area contributed by atoms with Crippen LogP contribution in [0.4, 0.5) is 5.69 Å². The molecule has 0 radical (unpaired) electrons. The van der Waals surface area contributed by atoms with E-state index in [-0.39, 0.29) is 11.2 Å². The van der Waals surface area contributed by atoms with Crippen LogP contribution in [0.3, 0.4) is 0 Å². The molecule has 0 unspecified atom stereocenters. The molecule has 0 spiro atoms. The second kappa shape index (κ2) is 8.67. The number of carbonyl (C=O) groups is 1. The zero-order valence-corrected chi connectivity index (χ0v) is 18.7. The molecule has 34 heavy (non-hydrogen) atoms. The van der Waals surface area contributed by atoms with Crippen molar-refractivity contribution in [3.63, 3.8) is 0 Å². The summed E-state index contributed by atoms with van der Waals surface area (Å²) in [5.74, 6) is -0.424. The van der Waals surface area contributed by atoms with Crippen molar-refractivity contribution in [2.75, 3.05) is 5.32 Å². The Morgan fingerprint density at radius 3 is 2.24 bits per heavy atom. The fourth-order valence-electron chi connectivity index (χ4n) is 3.86. The fourth-order valence-corrected chi connectivity index (χ4v) is 3.86. The Bertz CT molecular complexity index is 1520. The van der Waals surface area contributed by atoms with Gasteiger partial charge in [-0.05, 0) is 43.3 Å². The lowest BCUT2D eigenvalue weighted by Gasteiger charge is -2.07. The normalized spacial score (nSPS) is 10.9. The van der Waals surface area contributed by atoms with Crippen molar-refractivity contribution in [2.45, 2.75) is 6.92 Å². The number of amides is 1. The summed E-state index contributed by atoms with van der Waals surface area (Å²) < 4.78 is 4.90. The lowest BCUT2D eigenvalue weighted by atomic mass is 10.1. The van der Waals surface area contributed by atoms with Gasteiger partial charge in [-0.25, -0.2) is 9.36 Å². The summed E-state index contributed by atoms with van der Waals surface area (Å²) in [5.41, 5.74) is 3.60. The number of nitrogens with zero attached hydrogens (tertiary/aromatic N) is 5. The van der Waals surface area contributed by atoms with E-state index in [0.29, 0.717) is 28.2 Å². The molecule has 0 aliphatic heterocycles. The Morgan fingerprint density at radius 1 is 0.912 bits per heavy atom. The number of nitrogens with one attached hydrogen (secondary N) is 1. The van der Waals surface area contributed by atoms with Crippen LogP contribution in [0.1, 0.15) is 16.1 Å². The molecule has 0 saturated heterocycles. The standard InChI is InChI=1S/C26H22N6O2/c1-18-23(26(34)32(30(18)2)21-13-7-4-8-14-21)28-25(33)22-17-31(20-11-5-3-6-12-20)29-24(22)19-10-9-15-27-16-19/h3-17H,1-2H3,(H,28,33). The third kappa shape index (κ3) is 3.71. The summed E-state index contributed by atoms with van der Waals surface area (Å²) in [6, 6.07) is 22.5. The molecule has 1 N–H and O–H groups in total. The van der Waals surface area contributed by atoms with Crippen LogP contribution in [-0.4, -0.2) is 30.0 Å². The van der Waals surface area contributed by atoms with Crippen molar-refractivity contribution in [3.8, 4) is 22.6 Å². The fraction of sp³-hybridized carbons (Fsp3) is 0.0769. The van der Waals surface area contributed by atoms with Gasteiger partial charge in [0, 0.05) is 31.2 Å². The van der Waals surface area contributed by atoms with Crippen molar-refractivity contribution in [2.24, 2.45) is 7.05 Å². The topological polar surface area (TPSA) is 86.7 Å². The summed E-state index contributed by atoms with van der Waals surface area (Å²) in [6.45, 7) is 1.80. The number of hydrogen-bond donors (Lipinski definition) is 1. The minimum atomic E-state index is -0.424. The van der Waals surface area contributed by atoms with Crippen molar-refractivity contribution in [1.82, 2.24) is 24.1 Å². The van der Waals surface area contributed by atoms with E-state index in [1.165, 1.54) is 4.68 Å². The van der Waals surface area contributed by atoms with E-state index >= 15 is 0 Å². The number of benzene rings is 2. The molecule has 3 heterocycles. The molecule has 8 nitrogen and oxygen atoms in total. The molecule has 5 rings (SSSR count). The van der Waals surface area contributed by atoms with E-state index < -0.39 is 5.91 Å². The first kappa shape index (κ1) is 21.1. The van der Waals surface area contributed by atoms with E-state index in [9.17, 15) is 9.59 Å². The number of pyridine rings is 1. The smallest absolute Gasteiger partial charge is 0.295 e. The van der Waals surface area contributed by atoms with Gasteiger partial charge in [-0.15, -0.1) is 0 Å².